The van der Waals surface area contributed by atoms with Gasteiger partial charge in [0.25, 0.3) is 0 Å². The average molecular weight is 203 g/mol. The van der Waals surface area contributed by atoms with Crippen molar-refractivity contribution >= 4 is 0 Å². The normalized spacial score (nSPS) is 51.1. The van der Waals surface area contributed by atoms with Crippen molar-refractivity contribution < 1.29 is 0 Å². The van der Waals surface area contributed by atoms with Gasteiger partial charge in [0.05, 0.1) is 6.07 Å². The van der Waals surface area contributed by atoms with Gasteiger partial charge in [-0.25, -0.2) is 0 Å². The van der Waals surface area contributed by atoms with Crippen LogP contribution in [0, 0.1) is 46.3 Å². The molecule has 0 aliphatic heterocycles. The van der Waals surface area contributed by atoms with Gasteiger partial charge in [0.15, 0.2) is 0 Å². The third kappa shape index (κ3) is 1.34. The Morgan fingerprint density at radius 2 is 1.93 bits per heavy atom. The molecule has 2 bridgehead atoms. The molecule has 0 aromatic rings. The first kappa shape index (κ1) is 9.70. The fourth-order valence-corrected chi connectivity index (χ4v) is 4.79. The van der Waals surface area contributed by atoms with E-state index in [-0.39, 0.29) is 0 Å². The number of fused-ring (bicyclic) bond motifs is 5. The van der Waals surface area contributed by atoms with Crippen molar-refractivity contribution in [3.05, 3.63) is 0 Å². The van der Waals surface area contributed by atoms with Crippen molar-refractivity contribution in [2.75, 3.05) is 0 Å². The molecule has 82 valence electrons. The molecule has 15 heavy (non-hydrogen) atoms. The van der Waals surface area contributed by atoms with Crippen LogP contribution in [0.15, 0.2) is 0 Å². The van der Waals surface area contributed by atoms with Gasteiger partial charge in [-0.15, -0.1) is 0 Å². The summed E-state index contributed by atoms with van der Waals surface area (Å²) >= 11 is 0. The second-order valence-electron chi connectivity index (χ2n) is 6.87. The van der Waals surface area contributed by atoms with E-state index in [1.165, 1.54) is 32.1 Å². The van der Waals surface area contributed by atoms with Crippen molar-refractivity contribution in [2.24, 2.45) is 35.0 Å². The lowest BCUT2D eigenvalue weighted by atomic mass is 9.61. The van der Waals surface area contributed by atoms with E-state index in [4.69, 9.17) is 5.26 Å². The van der Waals surface area contributed by atoms with Gasteiger partial charge in [0.2, 0.25) is 0 Å². The molecule has 0 aromatic carbocycles. The summed E-state index contributed by atoms with van der Waals surface area (Å²) in [4.78, 5) is 0. The number of hydrogen-bond acceptors (Lipinski definition) is 1. The zero-order valence-electron chi connectivity index (χ0n) is 9.87. The second-order valence-corrected chi connectivity index (χ2v) is 6.87. The van der Waals surface area contributed by atoms with Crippen molar-refractivity contribution in [2.45, 2.75) is 46.0 Å². The Kier molecular flexibility index (Phi) is 1.94. The molecule has 0 amide bonds. The molecule has 0 saturated heterocycles. The molecule has 1 nitrogen and oxygen atoms in total. The highest BCUT2D eigenvalue weighted by atomic mass is 14.6. The van der Waals surface area contributed by atoms with Gasteiger partial charge in [-0.3, -0.25) is 0 Å². The van der Waals surface area contributed by atoms with Crippen molar-refractivity contribution in [3.63, 3.8) is 0 Å². The number of nitrogens with zero attached hydrogens (tertiary/aromatic N) is 1. The Labute approximate surface area is 92.9 Å². The highest BCUT2D eigenvalue weighted by Crippen LogP contribution is 2.62. The Morgan fingerprint density at radius 3 is 2.67 bits per heavy atom. The van der Waals surface area contributed by atoms with Gasteiger partial charge in [-0.2, -0.15) is 5.26 Å². The van der Waals surface area contributed by atoms with E-state index in [1.807, 2.05) is 0 Å². The quantitative estimate of drug-likeness (QED) is 0.590. The van der Waals surface area contributed by atoms with E-state index in [1.54, 1.807) is 0 Å². The summed E-state index contributed by atoms with van der Waals surface area (Å²) in [6.07, 6.45) is 6.81. The van der Waals surface area contributed by atoms with E-state index in [9.17, 15) is 0 Å². The van der Waals surface area contributed by atoms with E-state index in [2.05, 4.69) is 19.9 Å². The van der Waals surface area contributed by atoms with Crippen LogP contribution in [0.1, 0.15) is 46.0 Å². The van der Waals surface area contributed by atoms with E-state index >= 15 is 0 Å². The Morgan fingerprint density at radius 1 is 1.13 bits per heavy atom. The molecule has 3 rings (SSSR count). The zero-order valence-corrected chi connectivity index (χ0v) is 9.87. The fraction of sp³-hybridized carbons (Fsp3) is 0.929. The summed E-state index contributed by atoms with van der Waals surface area (Å²) in [6.45, 7) is 4.86. The summed E-state index contributed by atoms with van der Waals surface area (Å²) < 4.78 is 0. The first-order valence-electron chi connectivity index (χ1n) is 6.50. The number of nitriles is 1. The van der Waals surface area contributed by atoms with Gasteiger partial charge in [0, 0.05) is 5.92 Å². The van der Waals surface area contributed by atoms with E-state index in [0.717, 1.165) is 23.7 Å². The van der Waals surface area contributed by atoms with Crippen LogP contribution >= 0.6 is 0 Å². The zero-order chi connectivity index (χ0) is 10.6. The predicted octanol–water partition coefficient (Wildman–Crippen LogP) is 3.61. The second kappa shape index (κ2) is 3.00. The lowest BCUT2D eigenvalue weighted by molar-refractivity contribution is 0.0625. The van der Waals surface area contributed by atoms with Crippen molar-refractivity contribution in [1.82, 2.24) is 0 Å². The molecule has 5 atom stereocenters. The van der Waals surface area contributed by atoms with Crippen LogP contribution in [0.3, 0.4) is 0 Å². The molecule has 0 radical (unpaired) electrons. The minimum Gasteiger partial charge on any atom is -0.198 e. The minimum atomic E-state index is 0.414. The van der Waals surface area contributed by atoms with Crippen molar-refractivity contribution in [3.8, 4) is 6.07 Å². The van der Waals surface area contributed by atoms with Gasteiger partial charge >= 0.3 is 0 Å². The molecule has 0 spiro atoms. The smallest absolute Gasteiger partial charge is 0.0658 e. The Bertz CT molecular complexity index is 312. The van der Waals surface area contributed by atoms with Crippen LogP contribution in [0.5, 0.6) is 0 Å². The monoisotopic (exact) mass is 203 g/mol. The summed E-state index contributed by atoms with van der Waals surface area (Å²) in [7, 11) is 0. The summed E-state index contributed by atoms with van der Waals surface area (Å²) in [5.41, 5.74) is 0.577. The first-order chi connectivity index (χ1) is 7.11. The molecule has 0 aromatic heterocycles. The van der Waals surface area contributed by atoms with Gasteiger partial charge in [-0.1, -0.05) is 13.8 Å². The highest BCUT2D eigenvalue weighted by Gasteiger charge is 2.54. The van der Waals surface area contributed by atoms with Gasteiger partial charge in [0.1, 0.15) is 0 Å². The molecular weight excluding hydrogens is 182 g/mol. The third-order valence-electron chi connectivity index (χ3n) is 5.46. The first-order valence-corrected chi connectivity index (χ1v) is 6.50. The number of hydrogen-bond donors (Lipinski definition) is 0. The van der Waals surface area contributed by atoms with Gasteiger partial charge in [-0.05, 0) is 61.2 Å². The predicted molar refractivity (Wildman–Crippen MR) is 59.9 cm³/mol. The standard InChI is InChI=1S/C14H21N/c1-14(2)4-3-11-12-6-9(13(11)7-14)5-10(12)8-15/h9-13H,3-7H2,1-2H3. The highest BCUT2D eigenvalue weighted by molar-refractivity contribution is 5.08. The van der Waals surface area contributed by atoms with E-state index in [0.29, 0.717) is 11.3 Å². The largest absolute Gasteiger partial charge is 0.198 e. The lowest BCUT2D eigenvalue weighted by Gasteiger charge is -2.44. The summed E-state index contributed by atoms with van der Waals surface area (Å²) in [5.74, 6) is 3.99. The molecule has 3 saturated carbocycles. The maximum absolute atomic E-state index is 9.13. The topological polar surface area (TPSA) is 23.8 Å². The van der Waals surface area contributed by atoms with Crippen molar-refractivity contribution in [1.29, 1.82) is 5.26 Å². The SMILES string of the molecule is CC1(C)CCC2C3CC(CC3C#N)C2C1. The average Bonchev–Trinajstić information content (AvgIpc) is 2.73. The molecular formula is C14H21N. The van der Waals surface area contributed by atoms with Crippen LogP contribution in [0.4, 0.5) is 0 Å². The number of rotatable bonds is 0. The molecule has 3 aliphatic carbocycles. The third-order valence-corrected chi connectivity index (χ3v) is 5.46. The molecule has 3 aliphatic rings. The fourth-order valence-electron chi connectivity index (χ4n) is 4.79. The van der Waals surface area contributed by atoms with Crippen LogP contribution in [-0.2, 0) is 0 Å². The molecule has 3 fully saturated rings. The minimum absolute atomic E-state index is 0.414. The van der Waals surface area contributed by atoms with Crippen LogP contribution in [0.25, 0.3) is 0 Å². The molecule has 5 unspecified atom stereocenters. The molecule has 0 N–H and O–H groups in total. The Balaban J connectivity index is 1.81. The van der Waals surface area contributed by atoms with E-state index < -0.39 is 0 Å². The summed E-state index contributed by atoms with van der Waals surface area (Å²) in [5, 5.41) is 9.13. The lowest BCUT2D eigenvalue weighted by Crippen LogP contribution is -2.36. The summed E-state index contributed by atoms with van der Waals surface area (Å²) in [6, 6.07) is 2.55. The maximum atomic E-state index is 9.13. The maximum Gasteiger partial charge on any atom is 0.0658 e. The van der Waals surface area contributed by atoms with Crippen LogP contribution in [0.2, 0.25) is 0 Å². The molecule has 1 heteroatoms. The molecule has 0 heterocycles. The van der Waals surface area contributed by atoms with Gasteiger partial charge < -0.3 is 0 Å². The van der Waals surface area contributed by atoms with Crippen LogP contribution < -0.4 is 0 Å². The Hall–Kier alpha value is -0.510. The van der Waals surface area contributed by atoms with Crippen LogP contribution in [-0.4, -0.2) is 0 Å².